The van der Waals surface area contributed by atoms with Gasteiger partial charge in [0.25, 0.3) is 5.91 Å². The first-order valence-corrected chi connectivity index (χ1v) is 12.5. The first-order chi connectivity index (χ1) is 14.8. The van der Waals surface area contributed by atoms with E-state index in [0.29, 0.717) is 21.6 Å². The minimum atomic E-state index is -3.60. The number of nitrogens with zero attached hydrogens (tertiary/aromatic N) is 3. The standard InChI is InChI=1S/C22H24FN3O3S2/c1-3-17-6-4-5-13-26(17)31(28,29)18-10-7-15(8-11-18)21(27)24-22-25(2)19-12-9-16(23)14-20(19)30-22/h7-12,14,17H,3-6,13H2,1-2H3/t17-/m0/s1. The molecule has 0 radical (unpaired) electrons. The SMILES string of the molecule is CC[C@H]1CCCCN1S(=O)(=O)c1ccc(C(=O)N=c2sc3cc(F)ccc3n2C)cc1. The lowest BCUT2D eigenvalue weighted by Crippen LogP contribution is -2.43. The molecule has 1 saturated heterocycles. The number of aromatic nitrogens is 1. The monoisotopic (exact) mass is 461 g/mol. The van der Waals surface area contributed by atoms with Crippen molar-refractivity contribution in [2.24, 2.45) is 12.0 Å². The first-order valence-electron chi connectivity index (χ1n) is 10.3. The van der Waals surface area contributed by atoms with E-state index in [1.54, 1.807) is 22.0 Å². The predicted octanol–water partition coefficient (Wildman–Crippen LogP) is 4.07. The zero-order valence-electron chi connectivity index (χ0n) is 17.4. The van der Waals surface area contributed by atoms with Crippen molar-refractivity contribution in [1.29, 1.82) is 0 Å². The summed E-state index contributed by atoms with van der Waals surface area (Å²) in [5.74, 6) is -0.820. The number of hydrogen-bond donors (Lipinski definition) is 0. The minimum Gasteiger partial charge on any atom is -0.319 e. The Morgan fingerprint density at radius 2 is 1.94 bits per heavy atom. The summed E-state index contributed by atoms with van der Waals surface area (Å²) in [4.78, 5) is 17.5. The molecule has 0 unspecified atom stereocenters. The molecule has 0 N–H and O–H groups in total. The molecule has 0 aliphatic carbocycles. The highest BCUT2D eigenvalue weighted by atomic mass is 32.2. The smallest absolute Gasteiger partial charge is 0.279 e. The van der Waals surface area contributed by atoms with Gasteiger partial charge in [-0.25, -0.2) is 12.8 Å². The lowest BCUT2D eigenvalue weighted by atomic mass is 10.0. The fourth-order valence-electron chi connectivity index (χ4n) is 3.97. The van der Waals surface area contributed by atoms with Gasteiger partial charge in [-0.2, -0.15) is 9.30 Å². The Hall–Kier alpha value is -2.36. The molecule has 1 aliphatic heterocycles. The molecule has 6 nitrogen and oxygen atoms in total. The summed E-state index contributed by atoms with van der Waals surface area (Å²) in [6.45, 7) is 2.53. The fourth-order valence-corrected chi connectivity index (χ4v) is 6.78. The third-order valence-electron chi connectivity index (χ3n) is 5.72. The number of fused-ring (bicyclic) bond motifs is 1. The highest BCUT2D eigenvalue weighted by molar-refractivity contribution is 7.89. The van der Waals surface area contributed by atoms with Gasteiger partial charge < -0.3 is 4.57 Å². The number of hydrogen-bond acceptors (Lipinski definition) is 4. The third kappa shape index (κ3) is 4.22. The van der Waals surface area contributed by atoms with Crippen LogP contribution in [0.3, 0.4) is 0 Å². The largest absolute Gasteiger partial charge is 0.319 e. The van der Waals surface area contributed by atoms with Crippen molar-refractivity contribution in [2.45, 2.75) is 43.5 Å². The second-order valence-electron chi connectivity index (χ2n) is 7.67. The lowest BCUT2D eigenvalue weighted by Gasteiger charge is -2.34. The van der Waals surface area contributed by atoms with Crippen LogP contribution in [0, 0.1) is 5.82 Å². The predicted molar refractivity (Wildman–Crippen MR) is 119 cm³/mol. The van der Waals surface area contributed by atoms with Crippen LogP contribution in [0.2, 0.25) is 0 Å². The maximum absolute atomic E-state index is 13.5. The molecule has 1 aliphatic rings. The Kier molecular flexibility index (Phi) is 6.09. The van der Waals surface area contributed by atoms with E-state index < -0.39 is 15.9 Å². The van der Waals surface area contributed by atoms with Crippen LogP contribution in [0.4, 0.5) is 4.39 Å². The van der Waals surface area contributed by atoms with Gasteiger partial charge in [-0.1, -0.05) is 24.7 Å². The van der Waals surface area contributed by atoms with E-state index in [4.69, 9.17) is 0 Å². The normalized spacial score (nSPS) is 18.5. The maximum Gasteiger partial charge on any atom is 0.279 e. The zero-order valence-corrected chi connectivity index (χ0v) is 19.0. The molecule has 0 bridgehead atoms. The average molecular weight is 462 g/mol. The molecule has 164 valence electrons. The van der Waals surface area contributed by atoms with E-state index in [2.05, 4.69) is 4.99 Å². The molecular formula is C22H24FN3O3S2. The number of benzene rings is 2. The summed E-state index contributed by atoms with van der Waals surface area (Å²) in [7, 11) is -1.83. The Morgan fingerprint density at radius 3 is 2.65 bits per heavy atom. The minimum absolute atomic E-state index is 0.0212. The van der Waals surface area contributed by atoms with Crippen LogP contribution in [-0.2, 0) is 17.1 Å². The quantitative estimate of drug-likeness (QED) is 0.588. The van der Waals surface area contributed by atoms with Crippen molar-refractivity contribution in [1.82, 2.24) is 8.87 Å². The summed E-state index contributed by atoms with van der Waals surface area (Å²) in [5, 5.41) is 0. The van der Waals surface area contributed by atoms with Crippen LogP contribution in [0.15, 0.2) is 52.4 Å². The molecule has 9 heteroatoms. The van der Waals surface area contributed by atoms with Crippen LogP contribution in [0.25, 0.3) is 10.2 Å². The highest BCUT2D eigenvalue weighted by Gasteiger charge is 2.32. The van der Waals surface area contributed by atoms with Crippen LogP contribution in [0.1, 0.15) is 43.0 Å². The van der Waals surface area contributed by atoms with E-state index in [9.17, 15) is 17.6 Å². The van der Waals surface area contributed by atoms with E-state index in [1.165, 1.54) is 47.7 Å². The number of halogens is 1. The Labute approximate surface area is 184 Å². The van der Waals surface area contributed by atoms with Crippen molar-refractivity contribution in [3.63, 3.8) is 0 Å². The molecule has 2 heterocycles. The highest BCUT2D eigenvalue weighted by Crippen LogP contribution is 2.27. The molecule has 0 spiro atoms. The van der Waals surface area contributed by atoms with Gasteiger partial charge in [0, 0.05) is 25.2 Å². The van der Waals surface area contributed by atoms with E-state index in [0.717, 1.165) is 31.2 Å². The maximum atomic E-state index is 13.5. The molecule has 1 fully saturated rings. The van der Waals surface area contributed by atoms with E-state index >= 15 is 0 Å². The average Bonchev–Trinajstić information content (AvgIpc) is 3.07. The summed E-state index contributed by atoms with van der Waals surface area (Å²) >= 11 is 1.22. The molecule has 31 heavy (non-hydrogen) atoms. The Bertz CT molecular complexity index is 1290. The van der Waals surface area contributed by atoms with Crippen LogP contribution in [0.5, 0.6) is 0 Å². The Morgan fingerprint density at radius 1 is 1.19 bits per heavy atom. The molecule has 2 aromatic carbocycles. The van der Waals surface area contributed by atoms with E-state index in [-0.39, 0.29) is 16.8 Å². The molecule has 1 amide bonds. The number of amides is 1. The van der Waals surface area contributed by atoms with Crippen molar-refractivity contribution in [2.75, 3.05) is 6.54 Å². The van der Waals surface area contributed by atoms with Crippen molar-refractivity contribution >= 4 is 37.5 Å². The number of rotatable bonds is 4. The van der Waals surface area contributed by atoms with Crippen molar-refractivity contribution in [3.05, 3.63) is 58.6 Å². The first kappa shape index (κ1) is 21.9. The van der Waals surface area contributed by atoms with Gasteiger partial charge in [-0.3, -0.25) is 4.79 Å². The Balaban J connectivity index is 1.62. The van der Waals surface area contributed by atoms with Gasteiger partial charge in [0.2, 0.25) is 10.0 Å². The molecule has 1 atom stereocenters. The number of piperidine rings is 1. The topological polar surface area (TPSA) is 71.7 Å². The molecule has 1 aromatic heterocycles. The van der Waals surface area contributed by atoms with Crippen LogP contribution < -0.4 is 4.80 Å². The third-order valence-corrected chi connectivity index (χ3v) is 8.78. The van der Waals surface area contributed by atoms with Crippen LogP contribution in [-0.4, -0.2) is 35.8 Å². The molecular weight excluding hydrogens is 437 g/mol. The van der Waals surface area contributed by atoms with Gasteiger partial charge >= 0.3 is 0 Å². The summed E-state index contributed by atoms with van der Waals surface area (Å²) in [6.07, 6.45) is 3.56. The second-order valence-corrected chi connectivity index (χ2v) is 10.6. The number of thiazole rings is 1. The zero-order chi connectivity index (χ0) is 22.2. The van der Waals surface area contributed by atoms with Gasteiger partial charge in [0.1, 0.15) is 5.82 Å². The van der Waals surface area contributed by atoms with Gasteiger partial charge in [0.15, 0.2) is 4.80 Å². The number of carbonyl (C=O) groups is 1. The van der Waals surface area contributed by atoms with Crippen molar-refractivity contribution < 1.29 is 17.6 Å². The van der Waals surface area contributed by atoms with Crippen molar-refractivity contribution in [3.8, 4) is 0 Å². The van der Waals surface area contributed by atoms with Gasteiger partial charge in [0.05, 0.1) is 15.1 Å². The fraction of sp³-hybridized carbons (Fsp3) is 0.364. The van der Waals surface area contributed by atoms with Gasteiger partial charge in [-0.15, -0.1) is 0 Å². The molecule has 0 saturated carbocycles. The van der Waals surface area contributed by atoms with Crippen LogP contribution >= 0.6 is 11.3 Å². The van der Waals surface area contributed by atoms with E-state index in [1.807, 2.05) is 6.92 Å². The summed E-state index contributed by atoms with van der Waals surface area (Å²) < 4.78 is 43.7. The number of aryl methyl sites for hydroxylation is 1. The number of carbonyl (C=O) groups excluding carboxylic acids is 1. The van der Waals surface area contributed by atoms with Gasteiger partial charge in [-0.05, 0) is 61.7 Å². The number of sulfonamides is 1. The lowest BCUT2D eigenvalue weighted by molar-refractivity contribution is 0.0998. The summed E-state index contributed by atoms with van der Waals surface area (Å²) in [5.41, 5.74) is 1.08. The molecule has 3 aromatic rings. The summed E-state index contributed by atoms with van der Waals surface area (Å²) in [6, 6.07) is 10.4. The second kappa shape index (κ2) is 8.64. The molecule has 4 rings (SSSR count).